The Morgan fingerprint density at radius 1 is 1.28 bits per heavy atom. The molecule has 1 aromatic heterocycles. The van der Waals surface area contributed by atoms with Crippen LogP contribution in [0.2, 0.25) is 0 Å². The Bertz CT molecular complexity index is 831. The van der Waals surface area contributed by atoms with E-state index in [4.69, 9.17) is 0 Å². The lowest BCUT2D eigenvalue weighted by Crippen LogP contribution is -2.51. The Morgan fingerprint density at radius 3 is 2.56 bits per heavy atom. The van der Waals surface area contributed by atoms with Gasteiger partial charge in [-0.3, -0.25) is 19.7 Å². The van der Waals surface area contributed by atoms with Gasteiger partial charge in [0.2, 0.25) is 11.8 Å². The number of rotatable bonds is 4. The summed E-state index contributed by atoms with van der Waals surface area (Å²) in [6.45, 7) is 1.94. The van der Waals surface area contributed by atoms with Crippen molar-refractivity contribution in [3.63, 3.8) is 0 Å². The average molecular weight is 421 g/mol. The number of anilines is 1. The van der Waals surface area contributed by atoms with Crippen LogP contribution in [0.3, 0.4) is 0 Å². The third kappa shape index (κ3) is 3.39. The number of nitrogens with one attached hydrogen (secondary N) is 2. The van der Waals surface area contributed by atoms with Crippen molar-refractivity contribution in [3.8, 4) is 0 Å². The van der Waals surface area contributed by atoms with Crippen LogP contribution in [-0.2, 0) is 15.0 Å². The van der Waals surface area contributed by atoms with Crippen molar-refractivity contribution in [2.75, 3.05) is 5.32 Å². The maximum atomic E-state index is 12.4. The number of hydrogen-bond acceptors (Lipinski definition) is 4. The monoisotopic (exact) mass is 420 g/mol. The molecular weight excluding hydrogens is 404 g/mol. The highest BCUT2D eigenvalue weighted by atomic mass is 79.9. The van der Waals surface area contributed by atoms with Crippen molar-refractivity contribution < 1.29 is 14.4 Å². The number of imide groups is 1. The quantitative estimate of drug-likeness (QED) is 0.737. The molecule has 1 saturated heterocycles. The van der Waals surface area contributed by atoms with Gasteiger partial charge in [0.05, 0.1) is 5.41 Å². The van der Waals surface area contributed by atoms with E-state index < -0.39 is 5.41 Å². The highest BCUT2D eigenvalue weighted by Crippen LogP contribution is 2.36. The van der Waals surface area contributed by atoms with E-state index in [-0.39, 0.29) is 17.7 Å². The first-order valence-corrected chi connectivity index (χ1v) is 9.62. The Hall–Kier alpha value is -1.99. The van der Waals surface area contributed by atoms with Gasteiger partial charge in [-0.05, 0) is 57.9 Å². The summed E-state index contributed by atoms with van der Waals surface area (Å²) in [7, 11) is 0. The Balaban J connectivity index is 1.80. The van der Waals surface area contributed by atoms with E-state index >= 15 is 0 Å². The van der Waals surface area contributed by atoms with Crippen LogP contribution in [0, 0.1) is 0 Å². The lowest BCUT2D eigenvalue weighted by molar-refractivity contribution is -0.138. The van der Waals surface area contributed by atoms with Crippen LogP contribution in [-0.4, -0.2) is 17.7 Å². The highest BCUT2D eigenvalue weighted by Gasteiger charge is 2.42. The summed E-state index contributed by atoms with van der Waals surface area (Å²) >= 11 is 4.71. The van der Waals surface area contributed by atoms with Gasteiger partial charge in [-0.25, -0.2) is 0 Å². The minimum Gasteiger partial charge on any atom is -0.321 e. The fourth-order valence-corrected chi connectivity index (χ4v) is 4.53. The molecule has 2 N–H and O–H groups in total. The summed E-state index contributed by atoms with van der Waals surface area (Å²) in [5, 5.41) is 7.13. The molecule has 1 fully saturated rings. The number of benzene rings is 1. The van der Waals surface area contributed by atoms with Crippen molar-refractivity contribution >= 4 is 50.7 Å². The van der Waals surface area contributed by atoms with Crippen molar-refractivity contribution in [2.24, 2.45) is 0 Å². The lowest BCUT2D eigenvalue weighted by Gasteiger charge is -2.35. The smallest absolute Gasteiger partial charge is 0.266 e. The first-order chi connectivity index (χ1) is 12.0. The van der Waals surface area contributed by atoms with Crippen molar-refractivity contribution in [3.05, 3.63) is 50.6 Å². The van der Waals surface area contributed by atoms with Crippen LogP contribution in [0.4, 0.5) is 5.69 Å². The van der Waals surface area contributed by atoms with E-state index in [1.165, 1.54) is 11.3 Å². The predicted molar refractivity (Wildman–Crippen MR) is 101 cm³/mol. The fourth-order valence-electron chi connectivity index (χ4n) is 3.08. The summed E-state index contributed by atoms with van der Waals surface area (Å²) in [5.74, 6) is -0.647. The van der Waals surface area contributed by atoms with Gasteiger partial charge in [-0.2, -0.15) is 0 Å². The number of piperidine rings is 1. The average Bonchev–Trinajstić information content (AvgIpc) is 3.03. The Kier molecular flexibility index (Phi) is 5.06. The van der Waals surface area contributed by atoms with Gasteiger partial charge in [-0.1, -0.05) is 19.1 Å². The molecule has 0 aliphatic carbocycles. The maximum Gasteiger partial charge on any atom is 0.266 e. The van der Waals surface area contributed by atoms with E-state index in [0.717, 1.165) is 10.0 Å². The highest BCUT2D eigenvalue weighted by molar-refractivity contribution is 9.10. The van der Waals surface area contributed by atoms with E-state index in [2.05, 4.69) is 26.6 Å². The third-order valence-corrected chi connectivity index (χ3v) is 6.43. The molecule has 7 heteroatoms. The molecule has 2 heterocycles. The fraction of sp³-hybridized carbons (Fsp3) is 0.278. The molecule has 1 aliphatic rings. The van der Waals surface area contributed by atoms with E-state index in [1.807, 2.05) is 30.5 Å². The zero-order chi connectivity index (χ0) is 18.0. The SMILES string of the molecule is CCC1(c2ccc(NC(=O)c3sccc3Br)cc2)CCC(=O)NC1=O. The number of amides is 3. The molecule has 0 bridgehead atoms. The summed E-state index contributed by atoms with van der Waals surface area (Å²) in [6, 6.07) is 9.10. The number of hydrogen-bond donors (Lipinski definition) is 2. The number of thiophene rings is 1. The van der Waals surface area contributed by atoms with Gasteiger partial charge in [0.15, 0.2) is 0 Å². The molecule has 25 heavy (non-hydrogen) atoms. The molecule has 1 unspecified atom stereocenters. The molecule has 0 spiro atoms. The minimum absolute atomic E-state index is 0.180. The first kappa shape index (κ1) is 17.8. The normalized spacial score (nSPS) is 20.2. The lowest BCUT2D eigenvalue weighted by atomic mass is 9.72. The standard InChI is InChI=1S/C18H17BrN2O3S/c1-2-18(9-7-14(22)21-17(18)24)11-3-5-12(6-4-11)20-16(23)15-13(19)8-10-25-15/h3-6,8,10H,2,7,9H2,1H3,(H,20,23)(H,21,22,24). The molecular formula is C18H17BrN2O3S. The molecule has 130 valence electrons. The van der Waals surface area contributed by atoms with Crippen LogP contribution in [0.15, 0.2) is 40.2 Å². The van der Waals surface area contributed by atoms with Crippen molar-refractivity contribution in [2.45, 2.75) is 31.6 Å². The number of carbonyl (C=O) groups excluding carboxylic acids is 3. The zero-order valence-electron chi connectivity index (χ0n) is 13.6. The summed E-state index contributed by atoms with van der Waals surface area (Å²) < 4.78 is 0.764. The molecule has 3 amide bonds. The Labute approximate surface area is 157 Å². The molecule has 1 atom stereocenters. The van der Waals surface area contributed by atoms with Gasteiger partial charge >= 0.3 is 0 Å². The number of halogens is 1. The predicted octanol–water partition coefficient (Wildman–Crippen LogP) is 3.85. The molecule has 5 nitrogen and oxygen atoms in total. The van der Waals surface area contributed by atoms with Gasteiger partial charge in [0, 0.05) is 16.6 Å². The topological polar surface area (TPSA) is 75.3 Å². The molecule has 1 aliphatic heterocycles. The van der Waals surface area contributed by atoms with E-state index in [1.54, 1.807) is 12.1 Å². The van der Waals surface area contributed by atoms with E-state index in [9.17, 15) is 14.4 Å². The van der Waals surface area contributed by atoms with Gasteiger partial charge in [0.25, 0.3) is 5.91 Å². The van der Waals surface area contributed by atoms with Crippen LogP contribution >= 0.6 is 27.3 Å². The summed E-state index contributed by atoms with van der Waals surface area (Å²) in [4.78, 5) is 36.7. The second-order valence-corrected chi connectivity index (χ2v) is 7.71. The molecule has 3 rings (SSSR count). The van der Waals surface area contributed by atoms with Crippen LogP contribution in [0.1, 0.15) is 41.4 Å². The van der Waals surface area contributed by atoms with E-state index in [0.29, 0.717) is 29.8 Å². The molecule has 0 saturated carbocycles. The summed E-state index contributed by atoms with van der Waals surface area (Å²) in [6.07, 6.45) is 1.45. The minimum atomic E-state index is -0.687. The first-order valence-electron chi connectivity index (χ1n) is 7.95. The van der Waals surface area contributed by atoms with Crippen molar-refractivity contribution in [1.82, 2.24) is 5.32 Å². The number of carbonyl (C=O) groups is 3. The second kappa shape index (κ2) is 7.09. The second-order valence-electron chi connectivity index (χ2n) is 5.94. The largest absolute Gasteiger partial charge is 0.321 e. The molecule has 1 aromatic carbocycles. The maximum absolute atomic E-state index is 12.4. The van der Waals surface area contributed by atoms with Crippen molar-refractivity contribution in [1.29, 1.82) is 0 Å². The Morgan fingerprint density at radius 2 is 2.00 bits per heavy atom. The summed E-state index contributed by atoms with van der Waals surface area (Å²) in [5.41, 5.74) is 0.829. The van der Waals surface area contributed by atoms with Gasteiger partial charge in [-0.15, -0.1) is 11.3 Å². The van der Waals surface area contributed by atoms with Gasteiger partial charge in [0.1, 0.15) is 4.88 Å². The molecule has 2 aromatic rings. The van der Waals surface area contributed by atoms with Gasteiger partial charge < -0.3 is 5.32 Å². The third-order valence-electron chi connectivity index (χ3n) is 4.59. The van der Waals surface area contributed by atoms with Crippen LogP contribution < -0.4 is 10.6 Å². The van der Waals surface area contributed by atoms with Crippen LogP contribution in [0.25, 0.3) is 0 Å². The zero-order valence-corrected chi connectivity index (χ0v) is 16.0. The molecule has 0 radical (unpaired) electrons. The van der Waals surface area contributed by atoms with Crippen LogP contribution in [0.5, 0.6) is 0 Å².